The molecule has 0 bridgehead atoms. The van der Waals surface area contributed by atoms with Crippen LogP contribution >= 0.6 is 0 Å². The topological polar surface area (TPSA) is 35.9 Å². The lowest BCUT2D eigenvalue weighted by Crippen LogP contribution is -2.47. The second kappa shape index (κ2) is 24.3. The number of carbonyl (C=O) groups excluding carboxylic acids is 1. The van der Waals surface area contributed by atoms with Crippen LogP contribution in [-0.2, 0) is 12.8 Å². The Labute approximate surface area is 278 Å². The summed E-state index contributed by atoms with van der Waals surface area (Å²) in [5.41, 5.74) is 7.99. The molecule has 0 unspecified atom stereocenters. The summed E-state index contributed by atoms with van der Waals surface area (Å²) < 4.78 is 0. The third-order valence-electron chi connectivity index (χ3n) is 7.18. The number of rotatable bonds is 9. The number of allylic oxidation sites excluding steroid dienone is 3. The molecule has 0 atom stereocenters. The summed E-state index contributed by atoms with van der Waals surface area (Å²) in [5.74, 6) is 1.26. The summed E-state index contributed by atoms with van der Waals surface area (Å²) in [4.78, 5) is 22.6. The molecule has 0 aromatic heterocycles. The molecule has 4 nitrogen and oxygen atoms in total. The Morgan fingerprint density at radius 3 is 1.84 bits per heavy atom. The van der Waals surface area contributed by atoms with Crippen molar-refractivity contribution in [2.24, 2.45) is 16.8 Å². The number of hydrogen-bond donors (Lipinski definition) is 0. The van der Waals surface area contributed by atoms with E-state index in [0.717, 1.165) is 67.8 Å². The molecule has 0 radical (unpaired) electrons. The number of aryl methyl sites for hydroxylation is 2. The molecule has 45 heavy (non-hydrogen) atoms. The lowest BCUT2D eigenvalue weighted by Gasteiger charge is -2.33. The van der Waals surface area contributed by atoms with Gasteiger partial charge in [0.25, 0.3) is 5.91 Å². The zero-order valence-electron chi connectivity index (χ0n) is 31.3. The van der Waals surface area contributed by atoms with Gasteiger partial charge in [-0.3, -0.25) is 9.79 Å². The van der Waals surface area contributed by atoms with E-state index in [2.05, 4.69) is 111 Å². The third-order valence-corrected chi connectivity index (χ3v) is 7.18. The maximum absolute atomic E-state index is 13.5. The molecule has 0 aliphatic carbocycles. The zero-order chi connectivity index (χ0) is 34.4. The number of carbonyl (C=O) groups is 1. The number of likely N-dealkylation sites (N-methyl/N-ethyl adjacent to an activating group) is 1. The minimum Gasteiger partial charge on any atom is -0.336 e. The molecule has 0 N–H and O–H groups in total. The Balaban J connectivity index is 0.00000136. The van der Waals surface area contributed by atoms with Gasteiger partial charge in [0, 0.05) is 43.5 Å². The number of aliphatic imine (C=N–C) groups is 1. The van der Waals surface area contributed by atoms with E-state index in [0.29, 0.717) is 11.8 Å². The Morgan fingerprint density at radius 1 is 0.867 bits per heavy atom. The van der Waals surface area contributed by atoms with Gasteiger partial charge >= 0.3 is 0 Å². The predicted molar refractivity (Wildman–Crippen MR) is 202 cm³/mol. The second-order valence-corrected chi connectivity index (χ2v) is 12.5. The van der Waals surface area contributed by atoms with Gasteiger partial charge in [-0.15, -0.1) is 0 Å². The Morgan fingerprint density at radius 2 is 1.42 bits per heavy atom. The SMILES string of the molecule is CC.CC=N/C(=C\C(=C\C)CC(C)C)c1cc(CC)c(C(=O)N2CCN(C)CC2)cc1CC(C)C.CCC.Cc1ccccc1. The first-order valence-electron chi connectivity index (χ1n) is 17.5. The van der Waals surface area contributed by atoms with Crippen LogP contribution in [0.3, 0.4) is 0 Å². The van der Waals surface area contributed by atoms with Gasteiger partial charge in [0.2, 0.25) is 0 Å². The van der Waals surface area contributed by atoms with E-state index >= 15 is 0 Å². The average molecular weight is 618 g/mol. The summed E-state index contributed by atoms with van der Waals surface area (Å²) >= 11 is 0. The van der Waals surface area contributed by atoms with Gasteiger partial charge in [-0.25, -0.2) is 0 Å². The highest BCUT2D eigenvalue weighted by molar-refractivity contribution is 5.97. The van der Waals surface area contributed by atoms with Crippen molar-refractivity contribution in [2.75, 3.05) is 33.2 Å². The summed E-state index contributed by atoms with van der Waals surface area (Å²) in [6.07, 6.45) is 10.3. The third kappa shape index (κ3) is 16.2. The fourth-order valence-corrected chi connectivity index (χ4v) is 4.97. The number of amides is 1. The fraction of sp³-hybridized carbons (Fsp3) is 0.561. The summed E-state index contributed by atoms with van der Waals surface area (Å²) in [7, 11) is 2.12. The molecular formula is C41H67N3O. The van der Waals surface area contributed by atoms with Crippen LogP contribution in [0.5, 0.6) is 0 Å². The molecular weight excluding hydrogens is 550 g/mol. The van der Waals surface area contributed by atoms with Gasteiger partial charge in [-0.2, -0.15) is 0 Å². The smallest absolute Gasteiger partial charge is 0.254 e. The van der Waals surface area contributed by atoms with E-state index < -0.39 is 0 Å². The highest BCUT2D eigenvalue weighted by Crippen LogP contribution is 2.30. The van der Waals surface area contributed by atoms with Crippen LogP contribution in [0.2, 0.25) is 0 Å². The first kappa shape index (κ1) is 42.0. The quantitative estimate of drug-likeness (QED) is 0.207. The van der Waals surface area contributed by atoms with E-state index in [4.69, 9.17) is 4.99 Å². The molecule has 0 saturated carbocycles. The molecule has 1 aliphatic heterocycles. The van der Waals surface area contributed by atoms with Crippen LogP contribution in [0.15, 0.2) is 65.2 Å². The Bertz CT molecular complexity index is 1170. The minimum absolute atomic E-state index is 0.176. The monoisotopic (exact) mass is 618 g/mol. The maximum Gasteiger partial charge on any atom is 0.254 e. The van der Waals surface area contributed by atoms with Crippen LogP contribution < -0.4 is 0 Å². The van der Waals surface area contributed by atoms with Gasteiger partial charge in [0.15, 0.2) is 0 Å². The van der Waals surface area contributed by atoms with Crippen LogP contribution in [0.25, 0.3) is 5.70 Å². The van der Waals surface area contributed by atoms with Crippen molar-refractivity contribution in [3.8, 4) is 0 Å². The second-order valence-electron chi connectivity index (χ2n) is 12.5. The van der Waals surface area contributed by atoms with E-state index in [1.54, 1.807) is 0 Å². The largest absolute Gasteiger partial charge is 0.336 e. The molecule has 4 heteroatoms. The number of benzene rings is 2. The molecule has 1 saturated heterocycles. The molecule has 2 aromatic rings. The van der Waals surface area contributed by atoms with Gasteiger partial charge in [-0.1, -0.05) is 111 Å². The summed E-state index contributed by atoms with van der Waals surface area (Å²) in [6, 6.07) is 14.7. The zero-order valence-corrected chi connectivity index (χ0v) is 31.3. The number of hydrogen-bond acceptors (Lipinski definition) is 3. The fourth-order valence-electron chi connectivity index (χ4n) is 4.97. The Kier molecular flexibility index (Phi) is 22.7. The van der Waals surface area contributed by atoms with Gasteiger partial charge in [0.1, 0.15) is 0 Å². The van der Waals surface area contributed by atoms with E-state index in [1.807, 2.05) is 50.1 Å². The van der Waals surface area contributed by atoms with Crippen LogP contribution in [-0.4, -0.2) is 55.1 Å². The minimum atomic E-state index is 0.176. The van der Waals surface area contributed by atoms with Crippen molar-refractivity contribution in [1.29, 1.82) is 0 Å². The normalized spacial score (nSPS) is 14.0. The number of nitrogens with zero attached hydrogens (tertiary/aromatic N) is 3. The van der Waals surface area contributed by atoms with Crippen molar-refractivity contribution < 1.29 is 4.79 Å². The standard InChI is InChI=1S/C29H45N3O.C7H8.C3H8.C2H6/c1-9-23(16-21(4)5)18-28(30-11-3)26-19-24(10-2)27(20-25(26)17-22(6)7)29(33)32-14-12-31(8)13-15-32;1-7-5-3-2-4-6-7;1-3-2;1-2/h9,11,18-22H,10,12-17H2,1-8H3;2-6H,1H3;3H2,1-2H3;1-2H3/b23-9+,28-18-,30-11?;;;. The van der Waals surface area contributed by atoms with E-state index in [-0.39, 0.29) is 5.91 Å². The lowest BCUT2D eigenvalue weighted by molar-refractivity contribution is 0.0663. The van der Waals surface area contributed by atoms with Gasteiger partial charge in [-0.05, 0) is 93.8 Å². The van der Waals surface area contributed by atoms with E-state index in [1.165, 1.54) is 23.1 Å². The maximum atomic E-state index is 13.5. The van der Waals surface area contributed by atoms with Crippen LogP contribution in [0.1, 0.15) is 122 Å². The lowest BCUT2D eigenvalue weighted by atomic mass is 9.89. The molecule has 252 valence electrons. The molecule has 1 fully saturated rings. The first-order chi connectivity index (χ1) is 21.5. The van der Waals surface area contributed by atoms with Crippen molar-refractivity contribution in [1.82, 2.24) is 9.80 Å². The molecule has 1 heterocycles. The van der Waals surface area contributed by atoms with Gasteiger partial charge < -0.3 is 9.80 Å². The van der Waals surface area contributed by atoms with E-state index in [9.17, 15) is 4.79 Å². The molecule has 2 aromatic carbocycles. The highest BCUT2D eigenvalue weighted by Gasteiger charge is 2.24. The Hall–Kier alpha value is -2.98. The summed E-state index contributed by atoms with van der Waals surface area (Å²) in [6.45, 7) is 29.0. The van der Waals surface area contributed by atoms with Crippen molar-refractivity contribution >= 4 is 17.8 Å². The van der Waals surface area contributed by atoms with Crippen LogP contribution in [0, 0.1) is 18.8 Å². The van der Waals surface area contributed by atoms with Crippen molar-refractivity contribution in [3.63, 3.8) is 0 Å². The van der Waals surface area contributed by atoms with Crippen molar-refractivity contribution in [2.45, 2.75) is 109 Å². The number of piperazine rings is 1. The predicted octanol–water partition coefficient (Wildman–Crippen LogP) is 10.7. The van der Waals surface area contributed by atoms with Crippen LogP contribution in [0.4, 0.5) is 0 Å². The summed E-state index contributed by atoms with van der Waals surface area (Å²) in [5, 5.41) is 0. The average Bonchev–Trinajstić information content (AvgIpc) is 3.02. The first-order valence-corrected chi connectivity index (χ1v) is 17.5. The van der Waals surface area contributed by atoms with Crippen molar-refractivity contribution in [3.05, 3.63) is 88.0 Å². The molecule has 1 amide bonds. The molecule has 0 spiro atoms. The highest BCUT2D eigenvalue weighted by atomic mass is 16.2. The molecule has 1 aliphatic rings. The van der Waals surface area contributed by atoms with Gasteiger partial charge in [0.05, 0.1) is 5.70 Å². The molecule has 3 rings (SSSR count).